The number of benzene rings is 1. The molecule has 1 aliphatic heterocycles. The van der Waals surface area contributed by atoms with Crippen molar-refractivity contribution in [1.82, 2.24) is 14.8 Å². The van der Waals surface area contributed by atoms with Crippen LogP contribution in [0.25, 0.3) is 11.3 Å². The molecule has 0 bridgehead atoms. The van der Waals surface area contributed by atoms with Crippen LogP contribution >= 0.6 is 11.3 Å². The number of hydrogen-bond acceptors (Lipinski definition) is 5. The molecule has 3 aromatic rings. The topological polar surface area (TPSA) is 88.9 Å². The number of hydrogen-bond donors (Lipinski definition) is 2. The van der Waals surface area contributed by atoms with Crippen LogP contribution in [-0.2, 0) is 17.8 Å². The molecule has 0 atom stereocenters. The van der Waals surface area contributed by atoms with Crippen molar-refractivity contribution in [3.05, 3.63) is 47.1 Å². The fraction of sp³-hybridized carbons (Fsp3) is 0.222. The second-order valence-corrected chi connectivity index (χ2v) is 6.80. The number of nitrogens with zero attached hydrogens (tertiary/aromatic N) is 3. The van der Waals surface area contributed by atoms with E-state index in [4.69, 9.17) is 0 Å². The number of aromatic nitrogens is 3. The Hall–Kier alpha value is -3.00. The molecule has 8 heteroatoms. The molecule has 2 N–H and O–H groups in total. The van der Waals surface area contributed by atoms with Gasteiger partial charge < -0.3 is 5.32 Å². The van der Waals surface area contributed by atoms with Gasteiger partial charge in [-0.2, -0.15) is 5.10 Å². The molecule has 0 saturated carbocycles. The summed E-state index contributed by atoms with van der Waals surface area (Å²) in [5.41, 5.74) is 4.24. The van der Waals surface area contributed by atoms with Crippen LogP contribution in [0.3, 0.4) is 0 Å². The zero-order valence-electron chi connectivity index (χ0n) is 14.2. The highest BCUT2D eigenvalue weighted by Gasteiger charge is 2.17. The quantitative estimate of drug-likeness (QED) is 0.741. The molecule has 2 aromatic heterocycles. The monoisotopic (exact) mass is 367 g/mol. The summed E-state index contributed by atoms with van der Waals surface area (Å²) in [6, 6.07) is 7.56. The van der Waals surface area contributed by atoms with E-state index in [1.165, 1.54) is 11.3 Å². The van der Waals surface area contributed by atoms with Gasteiger partial charge in [0.15, 0.2) is 5.13 Å². The van der Waals surface area contributed by atoms with E-state index in [0.29, 0.717) is 23.8 Å². The number of nitrogens with one attached hydrogen (secondary N) is 2. The molecular formula is C18H17N5O2S. The molecule has 0 spiro atoms. The number of carbonyl (C=O) groups is 2. The van der Waals surface area contributed by atoms with Gasteiger partial charge >= 0.3 is 0 Å². The Morgan fingerprint density at radius 1 is 1.35 bits per heavy atom. The van der Waals surface area contributed by atoms with E-state index in [1.807, 2.05) is 30.5 Å². The van der Waals surface area contributed by atoms with Crippen molar-refractivity contribution < 1.29 is 9.59 Å². The molecule has 1 aliphatic rings. The number of fused-ring (bicyclic) bond motifs is 1. The minimum Gasteiger partial charge on any atom is -0.326 e. The van der Waals surface area contributed by atoms with Gasteiger partial charge in [-0.3, -0.25) is 19.6 Å². The summed E-state index contributed by atoms with van der Waals surface area (Å²) in [7, 11) is 0. The summed E-state index contributed by atoms with van der Waals surface area (Å²) >= 11 is 1.38. The lowest BCUT2D eigenvalue weighted by molar-refractivity contribution is -0.116. The Kier molecular flexibility index (Phi) is 4.26. The zero-order valence-corrected chi connectivity index (χ0v) is 15.0. The van der Waals surface area contributed by atoms with Crippen molar-refractivity contribution in [2.75, 3.05) is 10.6 Å². The van der Waals surface area contributed by atoms with Gasteiger partial charge in [-0.25, -0.2) is 4.98 Å². The lowest BCUT2D eigenvalue weighted by Crippen LogP contribution is -2.18. The van der Waals surface area contributed by atoms with Crippen LogP contribution in [0.2, 0.25) is 0 Å². The summed E-state index contributed by atoms with van der Waals surface area (Å²) in [6.07, 6.45) is 2.83. The number of rotatable bonds is 4. The summed E-state index contributed by atoms with van der Waals surface area (Å²) in [5, 5.41) is 12.3. The molecule has 26 heavy (non-hydrogen) atoms. The maximum atomic E-state index is 12.4. The predicted octanol–water partition coefficient (Wildman–Crippen LogP) is 3.16. The van der Waals surface area contributed by atoms with Gasteiger partial charge in [-0.05, 0) is 37.1 Å². The molecule has 0 fully saturated rings. The van der Waals surface area contributed by atoms with Gasteiger partial charge in [0.2, 0.25) is 5.91 Å². The van der Waals surface area contributed by atoms with Crippen LogP contribution in [0.1, 0.15) is 29.4 Å². The van der Waals surface area contributed by atoms with Crippen LogP contribution in [0.5, 0.6) is 0 Å². The largest absolute Gasteiger partial charge is 0.326 e. The maximum Gasteiger partial charge on any atom is 0.275 e. The van der Waals surface area contributed by atoms with Crippen molar-refractivity contribution in [3.8, 4) is 11.3 Å². The van der Waals surface area contributed by atoms with E-state index in [0.717, 1.165) is 28.9 Å². The Balaban J connectivity index is 1.53. The first-order valence-corrected chi connectivity index (χ1v) is 9.24. The fourth-order valence-electron chi connectivity index (χ4n) is 2.95. The number of amides is 2. The van der Waals surface area contributed by atoms with Gasteiger partial charge in [0.1, 0.15) is 5.69 Å². The van der Waals surface area contributed by atoms with Crippen molar-refractivity contribution >= 4 is 34.0 Å². The summed E-state index contributed by atoms with van der Waals surface area (Å²) < 4.78 is 1.64. The minimum absolute atomic E-state index is 0.0511. The third-order valence-electron chi connectivity index (χ3n) is 4.27. The lowest BCUT2D eigenvalue weighted by Gasteiger charge is -2.17. The first kappa shape index (κ1) is 16.5. The second-order valence-electron chi connectivity index (χ2n) is 5.94. The Morgan fingerprint density at radius 3 is 3.08 bits per heavy atom. The lowest BCUT2D eigenvalue weighted by atomic mass is 9.99. The third kappa shape index (κ3) is 3.11. The molecule has 3 heterocycles. The Labute approximate surface area is 154 Å². The summed E-state index contributed by atoms with van der Waals surface area (Å²) in [6.45, 7) is 2.56. The van der Waals surface area contributed by atoms with E-state index in [2.05, 4.69) is 20.7 Å². The Morgan fingerprint density at radius 2 is 2.23 bits per heavy atom. The number of anilines is 2. The van der Waals surface area contributed by atoms with E-state index >= 15 is 0 Å². The molecule has 0 unspecified atom stereocenters. The van der Waals surface area contributed by atoms with Crippen LogP contribution in [0, 0.1) is 0 Å². The summed E-state index contributed by atoms with van der Waals surface area (Å²) in [5.74, 6) is -0.173. The normalized spacial score (nSPS) is 13.2. The SMILES string of the molecule is CCn1nccc1C(=O)Nc1nc(-c2ccc3c(c2)CCC(=O)N3)cs1. The molecule has 4 rings (SSSR count). The molecule has 1 aromatic carbocycles. The van der Waals surface area contributed by atoms with Crippen molar-refractivity contribution in [2.24, 2.45) is 0 Å². The van der Waals surface area contributed by atoms with Gasteiger partial charge in [-0.15, -0.1) is 11.3 Å². The molecule has 132 valence electrons. The van der Waals surface area contributed by atoms with Crippen molar-refractivity contribution in [3.63, 3.8) is 0 Å². The fourth-order valence-corrected chi connectivity index (χ4v) is 3.66. The third-order valence-corrected chi connectivity index (χ3v) is 5.03. The highest BCUT2D eigenvalue weighted by atomic mass is 32.1. The Bertz CT molecular complexity index is 991. The smallest absolute Gasteiger partial charge is 0.275 e. The molecular weight excluding hydrogens is 350 g/mol. The number of aryl methyl sites for hydroxylation is 2. The number of carbonyl (C=O) groups excluding carboxylic acids is 2. The van der Waals surface area contributed by atoms with Crippen LogP contribution in [0.4, 0.5) is 10.8 Å². The van der Waals surface area contributed by atoms with E-state index < -0.39 is 0 Å². The maximum absolute atomic E-state index is 12.4. The minimum atomic E-state index is -0.224. The van der Waals surface area contributed by atoms with Gasteiger partial charge in [0.05, 0.1) is 5.69 Å². The average molecular weight is 367 g/mol. The summed E-state index contributed by atoms with van der Waals surface area (Å²) in [4.78, 5) is 28.4. The van der Waals surface area contributed by atoms with Crippen LogP contribution in [0.15, 0.2) is 35.8 Å². The van der Waals surface area contributed by atoms with Crippen molar-refractivity contribution in [1.29, 1.82) is 0 Å². The van der Waals surface area contributed by atoms with Gasteiger partial charge in [0, 0.05) is 35.8 Å². The van der Waals surface area contributed by atoms with Crippen LogP contribution < -0.4 is 10.6 Å². The molecule has 0 saturated heterocycles. The second kappa shape index (κ2) is 6.72. The van der Waals surface area contributed by atoms with Crippen molar-refractivity contribution in [2.45, 2.75) is 26.3 Å². The van der Waals surface area contributed by atoms with Gasteiger partial charge in [0.25, 0.3) is 5.91 Å². The highest BCUT2D eigenvalue weighted by Crippen LogP contribution is 2.30. The predicted molar refractivity (Wildman–Crippen MR) is 100 cm³/mol. The van der Waals surface area contributed by atoms with E-state index in [-0.39, 0.29) is 11.8 Å². The highest BCUT2D eigenvalue weighted by molar-refractivity contribution is 7.14. The molecule has 0 aliphatic carbocycles. The van der Waals surface area contributed by atoms with E-state index in [1.54, 1.807) is 16.9 Å². The zero-order chi connectivity index (χ0) is 18.1. The first-order chi connectivity index (χ1) is 12.6. The van der Waals surface area contributed by atoms with Gasteiger partial charge in [-0.1, -0.05) is 6.07 Å². The molecule has 2 amide bonds. The molecule has 7 nitrogen and oxygen atoms in total. The standard InChI is InChI=1S/C18H17N5O2S/c1-2-23-15(7-8-19-23)17(25)22-18-21-14(10-26-18)12-3-5-13-11(9-12)4-6-16(24)20-13/h3,5,7-10H,2,4,6H2,1H3,(H,20,24)(H,21,22,25). The van der Waals surface area contributed by atoms with E-state index in [9.17, 15) is 9.59 Å². The molecule has 0 radical (unpaired) electrons. The first-order valence-electron chi connectivity index (χ1n) is 8.36. The van der Waals surface area contributed by atoms with Crippen LogP contribution in [-0.4, -0.2) is 26.6 Å². The average Bonchev–Trinajstić information content (AvgIpc) is 3.30. The number of thiazole rings is 1.